The summed E-state index contributed by atoms with van der Waals surface area (Å²) in [4.78, 5) is 29.6. The van der Waals surface area contributed by atoms with Gasteiger partial charge in [-0.15, -0.1) is 0 Å². The summed E-state index contributed by atoms with van der Waals surface area (Å²) in [5.41, 5.74) is 2.18. The molecule has 1 N–H and O–H groups in total. The zero-order valence-corrected chi connectivity index (χ0v) is 13.2. The zero-order chi connectivity index (χ0) is 14.8. The third-order valence-corrected chi connectivity index (χ3v) is 5.59. The molecular weight excluding hydrogens is 306 g/mol. The minimum Gasteiger partial charge on any atom is -0.336 e. The molecule has 7 heteroatoms. The maximum Gasteiger partial charge on any atom is 0.324 e. The Hall–Kier alpha value is -1.47. The van der Waals surface area contributed by atoms with Gasteiger partial charge in [0.1, 0.15) is 4.38 Å². The van der Waals surface area contributed by atoms with Crippen molar-refractivity contribution in [2.75, 3.05) is 13.1 Å². The fourth-order valence-corrected chi connectivity index (χ4v) is 4.42. The molecule has 1 fully saturated rings. The maximum atomic E-state index is 12.3. The fourth-order valence-electron chi connectivity index (χ4n) is 2.18. The highest BCUT2D eigenvalue weighted by Crippen LogP contribution is 2.36. The van der Waals surface area contributed by atoms with Gasteiger partial charge in [-0.05, 0) is 18.6 Å². The summed E-state index contributed by atoms with van der Waals surface area (Å²) >= 11 is 3.06. The number of fused-ring (bicyclic) bond motifs is 1. The maximum absolute atomic E-state index is 12.3. The van der Waals surface area contributed by atoms with E-state index in [1.54, 1.807) is 11.8 Å². The van der Waals surface area contributed by atoms with Crippen molar-refractivity contribution in [1.29, 1.82) is 0 Å². The second-order valence-corrected chi connectivity index (χ2v) is 7.33. The van der Waals surface area contributed by atoms with Gasteiger partial charge >= 0.3 is 6.03 Å². The number of aliphatic imine (C=N–C) groups is 1. The molecule has 1 atom stereocenters. The van der Waals surface area contributed by atoms with Crippen LogP contribution >= 0.6 is 23.5 Å². The largest absolute Gasteiger partial charge is 0.336 e. The Labute approximate surface area is 131 Å². The molecule has 0 saturated carbocycles. The average Bonchev–Trinajstić information content (AvgIpc) is 2.92. The summed E-state index contributed by atoms with van der Waals surface area (Å²) in [5.74, 6) is 0.713. The average molecular weight is 321 g/mol. The van der Waals surface area contributed by atoms with Gasteiger partial charge in [0.2, 0.25) is 5.91 Å². The number of hydrogen-bond acceptors (Lipinski definition) is 5. The predicted molar refractivity (Wildman–Crippen MR) is 87.0 cm³/mol. The van der Waals surface area contributed by atoms with Crippen molar-refractivity contribution in [3.05, 3.63) is 29.8 Å². The first-order valence-corrected chi connectivity index (χ1v) is 8.57. The number of nitrogens with one attached hydrogen (secondary N) is 1. The van der Waals surface area contributed by atoms with Crippen LogP contribution in [0.2, 0.25) is 0 Å². The molecule has 3 rings (SSSR count). The van der Waals surface area contributed by atoms with E-state index in [2.05, 4.69) is 16.4 Å². The molecule has 5 nitrogen and oxygen atoms in total. The molecule has 1 saturated heterocycles. The quantitative estimate of drug-likeness (QED) is 0.909. The Kier molecular flexibility index (Phi) is 4.21. The minimum absolute atomic E-state index is 0.155. The molecule has 0 aliphatic carbocycles. The molecule has 0 spiro atoms. The van der Waals surface area contributed by atoms with Crippen molar-refractivity contribution in [3.8, 4) is 0 Å². The molecular formula is C14H15N3O2S2. The number of benzene rings is 1. The Morgan fingerprint density at radius 1 is 1.48 bits per heavy atom. The molecule has 1 aromatic rings. The lowest BCUT2D eigenvalue weighted by Crippen LogP contribution is -2.39. The van der Waals surface area contributed by atoms with Gasteiger partial charge in [0.15, 0.2) is 0 Å². The van der Waals surface area contributed by atoms with Gasteiger partial charge in [-0.2, -0.15) is 0 Å². The number of imide groups is 1. The van der Waals surface area contributed by atoms with E-state index in [4.69, 9.17) is 0 Å². The van der Waals surface area contributed by atoms with Crippen molar-refractivity contribution >= 4 is 45.5 Å². The highest BCUT2D eigenvalue weighted by Gasteiger charge is 2.31. The van der Waals surface area contributed by atoms with E-state index in [-0.39, 0.29) is 17.2 Å². The van der Waals surface area contributed by atoms with Crippen LogP contribution in [-0.4, -0.2) is 39.6 Å². The number of urea groups is 1. The summed E-state index contributed by atoms with van der Waals surface area (Å²) in [6.07, 6.45) is 0. The van der Waals surface area contributed by atoms with E-state index in [9.17, 15) is 9.59 Å². The van der Waals surface area contributed by atoms with Crippen molar-refractivity contribution in [1.82, 2.24) is 10.2 Å². The number of hydrogen-bond donors (Lipinski definition) is 1. The second-order valence-electron chi connectivity index (χ2n) is 4.78. The normalized spacial score (nSPS) is 18.8. The summed E-state index contributed by atoms with van der Waals surface area (Å²) in [6.45, 7) is 2.80. The standard InChI is InChI=1S/C14H15N3O2S2/c1-9(12(18)17-7-6-15-13(17)19)21-14-16-11-5-3-2-4-10(11)8-20-14/h2-5,9H,6-8H2,1H3,(H,15,19)/t9-/m0/s1. The van der Waals surface area contributed by atoms with E-state index >= 15 is 0 Å². The molecule has 3 amide bonds. The number of thioether (sulfide) groups is 2. The zero-order valence-electron chi connectivity index (χ0n) is 11.5. The minimum atomic E-state index is -0.314. The Balaban J connectivity index is 1.68. The molecule has 0 bridgehead atoms. The SMILES string of the molecule is C[C@H](SC1=Nc2ccccc2CS1)C(=O)N1CCNC1=O. The van der Waals surface area contributed by atoms with Crippen molar-refractivity contribution in [2.24, 2.45) is 4.99 Å². The van der Waals surface area contributed by atoms with Crippen LogP contribution in [0.1, 0.15) is 12.5 Å². The first kappa shape index (κ1) is 14.5. The number of rotatable bonds is 2. The number of carbonyl (C=O) groups excluding carboxylic acids is 2. The monoisotopic (exact) mass is 321 g/mol. The fraction of sp³-hybridized carbons (Fsp3) is 0.357. The van der Waals surface area contributed by atoms with Crippen LogP contribution < -0.4 is 5.32 Å². The van der Waals surface area contributed by atoms with Crippen LogP contribution in [0.4, 0.5) is 10.5 Å². The van der Waals surface area contributed by atoms with Crippen molar-refractivity contribution < 1.29 is 9.59 Å². The van der Waals surface area contributed by atoms with E-state index in [0.29, 0.717) is 13.1 Å². The molecule has 0 unspecified atom stereocenters. The van der Waals surface area contributed by atoms with Crippen LogP contribution in [0.15, 0.2) is 29.3 Å². The summed E-state index contributed by atoms with van der Waals surface area (Å²) in [6, 6.07) is 7.72. The molecule has 2 aliphatic rings. The van der Waals surface area contributed by atoms with Crippen molar-refractivity contribution in [3.63, 3.8) is 0 Å². The predicted octanol–water partition coefficient (Wildman–Crippen LogP) is 2.59. The van der Waals surface area contributed by atoms with Crippen LogP contribution in [0.3, 0.4) is 0 Å². The topological polar surface area (TPSA) is 61.8 Å². The highest BCUT2D eigenvalue weighted by molar-refractivity contribution is 8.39. The first-order valence-electron chi connectivity index (χ1n) is 6.70. The van der Waals surface area contributed by atoms with Gasteiger partial charge in [-0.3, -0.25) is 9.69 Å². The Bertz CT molecular complexity index is 618. The van der Waals surface area contributed by atoms with E-state index in [1.165, 1.54) is 22.2 Å². The highest BCUT2D eigenvalue weighted by atomic mass is 32.2. The summed E-state index contributed by atoms with van der Waals surface area (Å²) < 4.78 is 0.883. The molecule has 0 aromatic heterocycles. The molecule has 1 aromatic carbocycles. The molecule has 2 heterocycles. The molecule has 2 aliphatic heterocycles. The van der Waals surface area contributed by atoms with Gasteiger partial charge in [-0.1, -0.05) is 41.7 Å². The van der Waals surface area contributed by atoms with E-state index in [0.717, 1.165) is 15.8 Å². The number of para-hydroxylation sites is 1. The van der Waals surface area contributed by atoms with E-state index in [1.807, 2.05) is 25.1 Å². The lowest BCUT2D eigenvalue weighted by atomic mass is 10.2. The van der Waals surface area contributed by atoms with E-state index < -0.39 is 0 Å². The van der Waals surface area contributed by atoms with Crippen LogP contribution in [0.5, 0.6) is 0 Å². The molecule has 21 heavy (non-hydrogen) atoms. The summed E-state index contributed by atoms with van der Waals surface area (Å²) in [5, 5.41) is 2.33. The summed E-state index contributed by atoms with van der Waals surface area (Å²) in [7, 11) is 0. The third kappa shape index (κ3) is 3.08. The first-order chi connectivity index (χ1) is 10.1. The lowest BCUT2D eigenvalue weighted by molar-refractivity contribution is -0.126. The van der Waals surface area contributed by atoms with Gasteiger partial charge in [0.05, 0.1) is 10.9 Å². The van der Waals surface area contributed by atoms with Gasteiger partial charge in [0.25, 0.3) is 0 Å². The number of nitrogens with zero attached hydrogens (tertiary/aromatic N) is 2. The molecule has 110 valence electrons. The smallest absolute Gasteiger partial charge is 0.324 e. The molecule has 0 radical (unpaired) electrons. The van der Waals surface area contributed by atoms with Gasteiger partial charge in [-0.25, -0.2) is 9.79 Å². The van der Waals surface area contributed by atoms with Crippen LogP contribution in [0, 0.1) is 0 Å². The second kappa shape index (κ2) is 6.11. The van der Waals surface area contributed by atoms with Crippen LogP contribution in [0.25, 0.3) is 0 Å². The van der Waals surface area contributed by atoms with Gasteiger partial charge < -0.3 is 5.32 Å². The Morgan fingerprint density at radius 2 is 2.29 bits per heavy atom. The van der Waals surface area contributed by atoms with Crippen molar-refractivity contribution in [2.45, 2.75) is 17.9 Å². The van der Waals surface area contributed by atoms with Crippen LogP contribution in [-0.2, 0) is 10.5 Å². The lowest BCUT2D eigenvalue weighted by Gasteiger charge is -2.19. The Morgan fingerprint density at radius 3 is 3.05 bits per heavy atom. The third-order valence-electron chi connectivity index (χ3n) is 3.30. The number of carbonyl (C=O) groups is 2. The number of amides is 3. The van der Waals surface area contributed by atoms with Gasteiger partial charge in [0, 0.05) is 18.8 Å².